The summed E-state index contributed by atoms with van der Waals surface area (Å²) in [6, 6.07) is 2.44. The van der Waals surface area contributed by atoms with E-state index < -0.39 is 10.7 Å². The number of benzene rings is 1. The van der Waals surface area contributed by atoms with Gasteiger partial charge >= 0.3 is 0 Å². The summed E-state index contributed by atoms with van der Waals surface area (Å²) in [7, 11) is 3.93. The molecule has 0 atom stereocenters. The number of hydrogen-bond acceptors (Lipinski definition) is 4. The van der Waals surface area contributed by atoms with Crippen LogP contribution in [-0.2, 0) is 0 Å². The maximum atomic E-state index is 13.3. The standard InChI is InChI=1S/C12H18FN3O2/c1-9-7-11(14-5-4-6-15(2)3)12(16(17)18)8-10(9)13/h7-8,14H,4-6H2,1-3H3. The van der Waals surface area contributed by atoms with E-state index in [-0.39, 0.29) is 5.69 Å². The fourth-order valence-electron chi connectivity index (χ4n) is 1.58. The molecule has 1 aromatic carbocycles. The van der Waals surface area contributed by atoms with Crippen molar-refractivity contribution in [3.05, 3.63) is 33.6 Å². The second-order valence-corrected chi connectivity index (χ2v) is 4.46. The van der Waals surface area contributed by atoms with E-state index in [1.54, 1.807) is 6.92 Å². The van der Waals surface area contributed by atoms with Crippen LogP contribution in [0, 0.1) is 22.9 Å². The number of nitrogens with zero attached hydrogens (tertiary/aromatic N) is 2. The maximum absolute atomic E-state index is 13.3. The van der Waals surface area contributed by atoms with Gasteiger partial charge in [0.15, 0.2) is 0 Å². The van der Waals surface area contributed by atoms with Crippen LogP contribution in [0.15, 0.2) is 12.1 Å². The molecule has 18 heavy (non-hydrogen) atoms. The molecule has 0 bridgehead atoms. The van der Waals surface area contributed by atoms with Gasteiger partial charge in [0, 0.05) is 6.54 Å². The molecule has 1 rings (SSSR count). The van der Waals surface area contributed by atoms with E-state index in [0.29, 0.717) is 17.8 Å². The van der Waals surface area contributed by atoms with Crippen LogP contribution in [-0.4, -0.2) is 37.0 Å². The quantitative estimate of drug-likeness (QED) is 0.482. The SMILES string of the molecule is Cc1cc(NCCCN(C)C)c([N+](=O)[O-])cc1F. The van der Waals surface area contributed by atoms with E-state index >= 15 is 0 Å². The zero-order valence-corrected chi connectivity index (χ0v) is 10.9. The highest BCUT2D eigenvalue weighted by Gasteiger charge is 2.16. The Morgan fingerprint density at radius 2 is 2.11 bits per heavy atom. The zero-order chi connectivity index (χ0) is 13.7. The molecular weight excluding hydrogens is 237 g/mol. The zero-order valence-electron chi connectivity index (χ0n) is 10.9. The van der Waals surface area contributed by atoms with Gasteiger partial charge in [-0.15, -0.1) is 0 Å². The van der Waals surface area contributed by atoms with Gasteiger partial charge in [0.2, 0.25) is 0 Å². The van der Waals surface area contributed by atoms with Crippen molar-refractivity contribution in [2.45, 2.75) is 13.3 Å². The Kier molecular flexibility index (Phi) is 5.03. The summed E-state index contributed by atoms with van der Waals surface area (Å²) >= 11 is 0. The number of nitro benzene ring substituents is 1. The highest BCUT2D eigenvalue weighted by atomic mass is 19.1. The van der Waals surface area contributed by atoms with E-state index in [1.807, 2.05) is 19.0 Å². The molecule has 0 fully saturated rings. The van der Waals surface area contributed by atoms with Crippen molar-refractivity contribution in [3.8, 4) is 0 Å². The van der Waals surface area contributed by atoms with Crippen LogP contribution in [0.5, 0.6) is 0 Å². The molecule has 0 aromatic heterocycles. The minimum atomic E-state index is -0.573. The Labute approximate surface area is 106 Å². The molecule has 100 valence electrons. The average Bonchev–Trinajstić information content (AvgIpc) is 2.28. The van der Waals surface area contributed by atoms with Gasteiger partial charge in [-0.2, -0.15) is 0 Å². The Balaban J connectivity index is 2.74. The monoisotopic (exact) mass is 255 g/mol. The summed E-state index contributed by atoms with van der Waals surface area (Å²) < 4.78 is 13.3. The van der Waals surface area contributed by atoms with Gasteiger partial charge in [0.05, 0.1) is 11.0 Å². The molecule has 0 unspecified atom stereocenters. The van der Waals surface area contributed by atoms with Gasteiger partial charge < -0.3 is 10.2 Å². The van der Waals surface area contributed by atoms with E-state index in [0.717, 1.165) is 19.0 Å². The third-order valence-corrected chi connectivity index (χ3v) is 2.57. The van der Waals surface area contributed by atoms with E-state index in [4.69, 9.17) is 0 Å². The fraction of sp³-hybridized carbons (Fsp3) is 0.500. The van der Waals surface area contributed by atoms with E-state index in [9.17, 15) is 14.5 Å². The Hall–Kier alpha value is -1.69. The summed E-state index contributed by atoms with van der Waals surface area (Å²) in [5.41, 5.74) is 0.552. The lowest BCUT2D eigenvalue weighted by molar-refractivity contribution is -0.384. The molecule has 0 radical (unpaired) electrons. The molecule has 0 aliphatic carbocycles. The van der Waals surface area contributed by atoms with Crippen LogP contribution in [0.25, 0.3) is 0 Å². The molecule has 1 aromatic rings. The van der Waals surface area contributed by atoms with Crippen LogP contribution < -0.4 is 5.32 Å². The van der Waals surface area contributed by atoms with Crippen molar-refractivity contribution in [1.29, 1.82) is 0 Å². The van der Waals surface area contributed by atoms with Crippen molar-refractivity contribution >= 4 is 11.4 Å². The lowest BCUT2D eigenvalue weighted by atomic mass is 10.1. The third kappa shape index (κ3) is 3.96. The Bertz CT molecular complexity index is 436. The van der Waals surface area contributed by atoms with Crippen molar-refractivity contribution in [2.75, 3.05) is 32.5 Å². The van der Waals surface area contributed by atoms with Gasteiger partial charge in [-0.3, -0.25) is 10.1 Å². The summed E-state index contributed by atoms with van der Waals surface area (Å²) in [5.74, 6) is -0.555. The highest BCUT2D eigenvalue weighted by Crippen LogP contribution is 2.27. The molecule has 0 saturated heterocycles. The molecule has 0 aliphatic heterocycles. The average molecular weight is 255 g/mol. The summed E-state index contributed by atoms with van der Waals surface area (Å²) in [6.45, 7) is 3.09. The van der Waals surface area contributed by atoms with Crippen LogP contribution in [0.3, 0.4) is 0 Å². The largest absolute Gasteiger partial charge is 0.379 e. The second-order valence-electron chi connectivity index (χ2n) is 4.46. The lowest BCUT2D eigenvalue weighted by Gasteiger charge is -2.11. The van der Waals surface area contributed by atoms with Crippen LogP contribution in [0.1, 0.15) is 12.0 Å². The second kappa shape index (κ2) is 6.30. The predicted octanol–water partition coefficient (Wildman–Crippen LogP) is 2.41. The number of aryl methyl sites for hydroxylation is 1. The molecule has 0 heterocycles. The number of anilines is 1. The van der Waals surface area contributed by atoms with Gasteiger partial charge in [-0.05, 0) is 45.6 Å². The van der Waals surface area contributed by atoms with Gasteiger partial charge in [-0.25, -0.2) is 4.39 Å². The van der Waals surface area contributed by atoms with Gasteiger partial charge in [0.1, 0.15) is 11.5 Å². The smallest absolute Gasteiger partial charge is 0.295 e. The molecule has 6 heteroatoms. The molecule has 0 aliphatic rings. The van der Waals surface area contributed by atoms with Crippen LogP contribution in [0.4, 0.5) is 15.8 Å². The Morgan fingerprint density at radius 1 is 1.44 bits per heavy atom. The van der Waals surface area contributed by atoms with Crippen molar-refractivity contribution in [1.82, 2.24) is 4.90 Å². The number of hydrogen-bond donors (Lipinski definition) is 1. The minimum absolute atomic E-state index is 0.219. The van der Waals surface area contributed by atoms with Gasteiger partial charge in [-0.1, -0.05) is 0 Å². The molecular formula is C12H18FN3O2. The van der Waals surface area contributed by atoms with Crippen LogP contribution >= 0.6 is 0 Å². The molecule has 1 N–H and O–H groups in total. The van der Waals surface area contributed by atoms with Crippen LogP contribution in [0.2, 0.25) is 0 Å². The maximum Gasteiger partial charge on any atom is 0.295 e. The fourth-order valence-corrected chi connectivity index (χ4v) is 1.58. The lowest BCUT2D eigenvalue weighted by Crippen LogP contribution is -2.16. The Morgan fingerprint density at radius 3 is 2.67 bits per heavy atom. The molecule has 0 saturated carbocycles. The first-order valence-electron chi connectivity index (χ1n) is 5.75. The topological polar surface area (TPSA) is 58.4 Å². The summed E-state index contributed by atoms with van der Waals surface area (Å²) in [4.78, 5) is 12.3. The molecule has 0 amide bonds. The normalized spacial score (nSPS) is 10.7. The molecule has 0 spiro atoms. The predicted molar refractivity (Wildman–Crippen MR) is 69.5 cm³/mol. The summed E-state index contributed by atoms with van der Waals surface area (Å²) in [5, 5.41) is 13.8. The van der Waals surface area contributed by atoms with E-state index in [2.05, 4.69) is 5.32 Å². The number of halogens is 1. The van der Waals surface area contributed by atoms with Crippen molar-refractivity contribution in [3.63, 3.8) is 0 Å². The van der Waals surface area contributed by atoms with Gasteiger partial charge in [0.25, 0.3) is 5.69 Å². The first-order chi connectivity index (χ1) is 8.41. The molecule has 5 nitrogen and oxygen atoms in total. The first-order valence-corrected chi connectivity index (χ1v) is 5.75. The number of nitrogens with one attached hydrogen (secondary N) is 1. The van der Waals surface area contributed by atoms with E-state index in [1.165, 1.54) is 6.07 Å². The minimum Gasteiger partial charge on any atom is -0.379 e. The highest BCUT2D eigenvalue weighted by molar-refractivity contribution is 5.63. The van der Waals surface area contributed by atoms with Crippen molar-refractivity contribution in [2.24, 2.45) is 0 Å². The summed E-state index contributed by atoms with van der Waals surface area (Å²) in [6.07, 6.45) is 0.862. The van der Waals surface area contributed by atoms with Crippen molar-refractivity contribution < 1.29 is 9.31 Å². The third-order valence-electron chi connectivity index (χ3n) is 2.57. The number of rotatable bonds is 6. The first kappa shape index (κ1) is 14.4. The number of nitro groups is 1.